The topological polar surface area (TPSA) is 58.6 Å². The first kappa shape index (κ1) is 15.4. The molecule has 126 valence electrons. The van der Waals surface area contributed by atoms with Crippen molar-refractivity contribution >= 4 is 28.6 Å². The second kappa shape index (κ2) is 6.05. The van der Waals surface area contributed by atoms with E-state index in [1.807, 2.05) is 48.3 Å². The van der Waals surface area contributed by atoms with Crippen LogP contribution in [0.4, 0.5) is 11.6 Å². The molecule has 6 nitrogen and oxygen atoms in total. The number of ether oxygens (including phenoxy) is 1. The molecule has 0 atom stereocenters. The second-order valence-electron chi connectivity index (χ2n) is 5.97. The number of carbonyl (C=O) groups excluding carboxylic acids is 1. The maximum Gasteiger partial charge on any atom is 0.259 e. The van der Waals surface area contributed by atoms with Crippen LogP contribution in [0.1, 0.15) is 10.4 Å². The number of para-hydroxylation sites is 2. The molecule has 3 aromatic rings. The van der Waals surface area contributed by atoms with Crippen molar-refractivity contribution < 1.29 is 9.53 Å². The number of likely N-dealkylation sites (N-methyl/N-ethyl adjacent to an activating group) is 1. The molecule has 0 saturated heterocycles. The van der Waals surface area contributed by atoms with Crippen LogP contribution in [-0.2, 0) is 0 Å². The van der Waals surface area contributed by atoms with Crippen LogP contribution in [0.5, 0.6) is 5.75 Å². The molecule has 1 amide bonds. The quantitative estimate of drug-likeness (QED) is 0.721. The molecule has 0 aliphatic carbocycles. The van der Waals surface area contributed by atoms with Gasteiger partial charge in [0.25, 0.3) is 5.91 Å². The molecule has 2 heterocycles. The van der Waals surface area contributed by atoms with Gasteiger partial charge in [-0.2, -0.15) is 0 Å². The molecule has 0 spiro atoms. The van der Waals surface area contributed by atoms with Crippen LogP contribution in [0.2, 0.25) is 0 Å². The number of benzene rings is 2. The zero-order valence-corrected chi connectivity index (χ0v) is 14.1. The van der Waals surface area contributed by atoms with Gasteiger partial charge in [0.2, 0.25) is 0 Å². The molecule has 2 aromatic carbocycles. The zero-order chi connectivity index (χ0) is 17.4. The van der Waals surface area contributed by atoms with Crippen LogP contribution >= 0.6 is 0 Å². The van der Waals surface area contributed by atoms with Crippen molar-refractivity contribution in [2.45, 2.75) is 0 Å². The summed E-state index contributed by atoms with van der Waals surface area (Å²) < 4.78 is 5.23. The van der Waals surface area contributed by atoms with Crippen LogP contribution in [0.25, 0.3) is 11.0 Å². The normalized spacial score (nSPS) is 13.7. The van der Waals surface area contributed by atoms with Gasteiger partial charge in [0.15, 0.2) is 11.6 Å². The fourth-order valence-corrected chi connectivity index (χ4v) is 2.99. The van der Waals surface area contributed by atoms with Crippen molar-refractivity contribution in [2.24, 2.45) is 0 Å². The Balaban J connectivity index is 1.80. The van der Waals surface area contributed by atoms with Gasteiger partial charge in [-0.1, -0.05) is 18.2 Å². The monoisotopic (exact) mass is 334 g/mol. The van der Waals surface area contributed by atoms with Gasteiger partial charge in [0.1, 0.15) is 5.75 Å². The molecule has 0 saturated carbocycles. The van der Waals surface area contributed by atoms with E-state index < -0.39 is 0 Å². The number of methoxy groups -OCH3 is 1. The summed E-state index contributed by atoms with van der Waals surface area (Å²) >= 11 is 0. The number of amides is 1. The van der Waals surface area contributed by atoms with Crippen LogP contribution in [0.15, 0.2) is 48.5 Å². The first-order valence-corrected chi connectivity index (χ1v) is 8.11. The number of hydrogen-bond donors (Lipinski definition) is 0. The van der Waals surface area contributed by atoms with E-state index in [2.05, 4.69) is 0 Å². The smallest absolute Gasteiger partial charge is 0.259 e. The van der Waals surface area contributed by atoms with Gasteiger partial charge < -0.3 is 9.64 Å². The SMILES string of the molecule is COc1cccc(C(=O)N2CCN(C)c3nc4ccccc4nc32)c1. The molecule has 4 rings (SSSR count). The summed E-state index contributed by atoms with van der Waals surface area (Å²) in [5, 5.41) is 0. The molecule has 25 heavy (non-hydrogen) atoms. The highest BCUT2D eigenvalue weighted by molar-refractivity contribution is 6.08. The lowest BCUT2D eigenvalue weighted by Gasteiger charge is -2.33. The summed E-state index contributed by atoms with van der Waals surface area (Å²) in [4.78, 5) is 26.2. The van der Waals surface area contributed by atoms with Crippen LogP contribution < -0.4 is 14.5 Å². The molecule has 0 radical (unpaired) electrons. The number of carbonyl (C=O) groups is 1. The van der Waals surface area contributed by atoms with Gasteiger partial charge >= 0.3 is 0 Å². The van der Waals surface area contributed by atoms with E-state index in [1.165, 1.54) is 0 Å². The lowest BCUT2D eigenvalue weighted by atomic mass is 10.1. The molecule has 1 aromatic heterocycles. The van der Waals surface area contributed by atoms with Crippen LogP contribution in [0, 0.1) is 0 Å². The van der Waals surface area contributed by atoms with Crippen molar-refractivity contribution in [3.05, 3.63) is 54.1 Å². The van der Waals surface area contributed by atoms with Crippen LogP contribution in [0.3, 0.4) is 0 Å². The van der Waals surface area contributed by atoms with Gasteiger partial charge in [-0.15, -0.1) is 0 Å². The summed E-state index contributed by atoms with van der Waals surface area (Å²) in [5.74, 6) is 1.88. The highest BCUT2D eigenvalue weighted by atomic mass is 16.5. The van der Waals surface area contributed by atoms with E-state index in [0.717, 1.165) is 16.9 Å². The van der Waals surface area contributed by atoms with Gasteiger partial charge in [-0.05, 0) is 30.3 Å². The second-order valence-corrected chi connectivity index (χ2v) is 5.97. The van der Waals surface area contributed by atoms with Gasteiger partial charge in [0, 0.05) is 25.7 Å². The van der Waals surface area contributed by atoms with Crippen molar-refractivity contribution in [1.29, 1.82) is 0 Å². The van der Waals surface area contributed by atoms with E-state index in [4.69, 9.17) is 14.7 Å². The molecular formula is C19H18N4O2. The van der Waals surface area contributed by atoms with Crippen molar-refractivity contribution in [2.75, 3.05) is 37.0 Å². The van der Waals surface area contributed by atoms with E-state index in [1.54, 1.807) is 24.1 Å². The van der Waals surface area contributed by atoms with E-state index in [0.29, 0.717) is 30.2 Å². The number of rotatable bonds is 2. The zero-order valence-electron chi connectivity index (χ0n) is 14.1. The Kier molecular flexibility index (Phi) is 3.72. The average molecular weight is 334 g/mol. The Morgan fingerprint density at radius 3 is 2.44 bits per heavy atom. The van der Waals surface area contributed by atoms with Crippen molar-refractivity contribution in [1.82, 2.24) is 9.97 Å². The largest absolute Gasteiger partial charge is 0.497 e. The third kappa shape index (κ3) is 2.65. The Labute approximate surface area is 145 Å². The Morgan fingerprint density at radius 2 is 1.72 bits per heavy atom. The maximum absolute atomic E-state index is 13.1. The number of aromatic nitrogens is 2. The minimum Gasteiger partial charge on any atom is -0.497 e. The number of hydrogen-bond acceptors (Lipinski definition) is 5. The van der Waals surface area contributed by atoms with E-state index in [-0.39, 0.29) is 5.91 Å². The fraction of sp³-hybridized carbons (Fsp3) is 0.211. The lowest BCUT2D eigenvalue weighted by Crippen LogP contribution is -2.43. The van der Waals surface area contributed by atoms with Crippen molar-refractivity contribution in [3.8, 4) is 5.75 Å². The molecule has 0 bridgehead atoms. The predicted octanol–water partition coefficient (Wildman–Crippen LogP) is 2.74. The Morgan fingerprint density at radius 1 is 1.00 bits per heavy atom. The Bertz CT molecular complexity index is 957. The standard InChI is InChI=1S/C19H18N4O2/c1-22-10-11-23(19(24)13-6-5-7-14(12-13)25-2)18-17(22)20-15-8-3-4-9-16(15)21-18/h3-9,12H,10-11H2,1-2H3. The number of anilines is 2. The summed E-state index contributed by atoms with van der Waals surface area (Å²) in [7, 11) is 3.56. The van der Waals surface area contributed by atoms with E-state index >= 15 is 0 Å². The third-order valence-corrected chi connectivity index (χ3v) is 4.37. The summed E-state index contributed by atoms with van der Waals surface area (Å²) in [6.45, 7) is 1.27. The van der Waals surface area contributed by atoms with Crippen molar-refractivity contribution in [3.63, 3.8) is 0 Å². The minimum absolute atomic E-state index is 0.0992. The lowest BCUT2D eigenvalue weighted by molar-refractivity contribution is 0.0985. The molecule has 0 fully saturated rings. The first-order chi connectivity index (χ1) is 12.2. The van der Waals surface area contributed by atoms with Gasteiger partial charge in [-0.3, -0.25) is 9.69 Å². The minimum atomic E-state index is -0.0992. The number of fused-ring (bicyclic) bond motifs is 2. The Hall–Kier alpha value is -3.15. The predicted molar refractivity (Wildman–Crippen MR) is 97.5 cm³/mol. The number of nitrogens with zero attached hydrogens (tertiary/aromatic N) is 4. The van der Waals surface area contributed by atoms with E-state index in [9.17, 15) is 4.79 Å². The highest BCUT2D eigenvalue weighted by Crippen LogP contribution is 2.31. The highest BCUT2D eigenvalue weighted by Gasteiger charge is 2.29. The summed E-state index contributed by atoms with van der Waals surface area (Å²) in [6.07, 6.45) is 0. The summed E-state index contributed by atoms with van der Waals surface area (Å²) in [5.41, 5.74) is 2.17. The molecule has 6 heteroatoms. The first-order valence-electron chi connectivity index (χ1n) is 8.11. The maximum atomic E-state index is 13.1. The third-order valence-electron chi connectivity index (χ3n) is 4.37. The molecule has 0 N–H and O–H groups in total. The molecule has 1 aliphatic heterocycles. The van der Waals surface area contributed by atoms with Gasteiger partial charge in [0.05, 0.1) is 18.1 Å². The molecular weight excluding hydrogens is 316 g/mol. The average Bonchev–Trinajstić information content (AvgIpc) is 2.67. The molecule has 1 aliphatic rings. The fourth-order valence-electron chi connectivity index (χ4n) is 2.99. The molecule has 0 unspecified atom stereocenters. The summed E-state index contributed by atoms with van der Waals surface area (Å²) in [6, 6.07) is 14.9. The van der Waals surface area contributed by atoms with Crippen LogP contribution in [-0.4, -0.2) is 43.1 Å². The van der Waals surface area contributed by atoms with Gasteiger partial charge in [-0.25, -0.2) is 9.97 Å².